The van der Waals surface area contributed by atoms with Crippen LogP contribution in [0.1, 0.15) is 11.1 Å². The van der Waals surface area contributed by atoms with Crippen molar-refractivity contribution in [2.45, 2.75) is 6.92 Å². The zero-order valence-electron chi connectivity index (χ0n) is 6.93. The molecule has 0 atom stereocenters. The molecule has 12 heavy (non-hydrogen) atoms. The van der Waals surface area contributed by atoms with Gasteiger partial charge in [-0.1, -0.05) is 6.07 Å². The van der Waals surface area contributed by atoms with Gasteiger partial charge in [0.05, 0.1) is 7.11 Å². The quantitative estimate of drug-likeness (QED) is 0.620. The molecular weight excluding hydrogens is 175 g/mol. The number of benzene rings is 1. The molecule has 1 aromatic carbocycles. The lowest BCUT2D eigenvalue weighted by atomic mass is 10.1. The summed E-state index contributed by atoms with van der Waals surface area (Å²) in [7, 11) is 1.48. The van der Waals surface area contributed by atoms with Crippen LogP contribution in [0.5, 0.6) is 0 Å². The Kier molecular flexibility index (Phi) is 2.76. The molecule has 0 saturated heterocycles. The maximum Gasteiger partial charge on any atom is 0.191 e. The fourth-order valence-corrected chi connectivity index (χ4v) is 1.16. The van der Waals surface area contributed by atoms with E-state index < -0.39 is 0 Å². The van der Waals surface area contributed by atoms with Gasteiger partial charge < -0.3 is 4.74 Å². The van der Waals surface area contributed by atoms with Crippen LogP contribution < -0.4 is 0 Å². The van der Waals surface area contributed by atoms with Crippen LogP contribution in [0.3, 0.4) is 0 Å². The van der Waals surface area contributed by atoms with E-state index in [1.54, 1.807) is 19.1 Å². The lowest BCUT2D eigenvalue weighted by Crippen LogP contribution is -2.03. The average Bonchev–Trinajstić information content (AvgIpc) is 2.08. The number of hydrogen-bond acceptors (Lipinski definition) is 2. The fourth-order valence-electron chi connectivity index (χ4n) is 0.939. The first kappa shape index (κ1) is 9.13. The van der Waals surface area contributed by atoms with Crippen molar-refractivity contribution in [3.8, 4) is 0 Å². The van der Waals surface area contributed by atoms with Crippen molar-refractivity contribution in [1.82, 2.24) is 0 Å². The first-order valence-corrected chi connectivity index (χ1v) is 3.91. The molecule has 0 radical (unpaired) electrons. The highest BCUT2D eigenvalue weighted by molar-refractivity contribution is 7.80. The van der Waals surface area contributed by atoms with Gasteiger partial charge in [0.15, 0.2) is 5.05 Å². The molecule has 0 spiro atoms. The molecule has 64 valence electrons. The Bertz CT molecular complexity index is 309. The summed E-state index contributed by atoms with van der Waals surface area (Å²) >= 11 is 4.88. The highest BCUT2D eigenvalue weighted by atomic mass is 32.1. The van der Waals surface area contributed by atoms with E-state index in [0.717, 1.165) is 0 Å². The van der Waals surface area contributed by atoms with Gasteiger partial charge in [-0.2, -0.15) is 0 Å². The highest BCUT2D eigenvalue weighted by Crippen LogP contribution is 2.13. The number of halogens is 1. The van der Waals surface area contributed by atoms with Gasteiger partial charge in [0, 0.05) is 5.56 Å². The van der Waals surface area contributed by atoms with Crippen LogP contribution >= 0.6 is 12.2 Å². The van der Waals surface area contributed by atoms with Crippen LogP contribution in [-0.2, 0) is 4.74 Å². The molecule has 0 N–H and O–H groups in total. The zero-order valence-corrected chi connectivity index (χ0v) is 7.74. The van der Waals surface area contributed by atoms with Gasteiger partial charge in [0.1, 0.15) is 5.82 Å². The molecule has 1 aromatic rings. The third kappa shape index (κ3) is 1.61. The second-order valence-corrected chi connectivity index (χ2v) is 2.77. The smallest absolute Gasteiger partial charge is 0.191 e. The summed E-state index contributed by atoms with van der Waals surface area (Å²) in [6.07, 6.45) is 0. The Morgan fingerprint density at radius 3 is 2.75 bits per heavy atom. The first-order valence-electron chi connectivity index (χ1n) is 3.50. The first-order chi connectivity index (χ1) is 5.66. The van der Waals surface area contributed by atoms with Crippen molar-refractivity contribution in [3.63, 3.8) is 0 Å². The summed E-state index contributed by atoms with van der Waals surface area (Å²) in [4.78, 5) is 0. The van der Waals surface area contributed by atoms with Crippen LogP contribution in [0, 0.1) is 12.7 Å². The third-order valence-electron chi connectivity index (χ3n) is 1.67. The molecule has 3 heteroatoms. The van der Waals surface area contributed by atoms with Crippen molar-refractivity contribution < 1.29 is 9.13 Å². The highest BCUT2D eigenvalue weighted by Gasteiger charge is 2.07. The lowest BCUT2D eigenvalue weighted by Gasteiger charge is -2.05. The molecule has 0 amide bonds. The van der Waals surface area contributed by atoms with E-state index in [1.807, 2.05) is 0 Å². The number of hydrogen-bond donors (Lipinski definition) is 0. The minimum absolute atomic E-state index is 0.257. The fraction of sp³-hybridized carbons (Fsp3) is 0.222. The molecule has 0 bridgehead atoms. The summed E-state index contributed by atoms with van der Waals surface area (Å²) in [6, 6.07) is 4.75. The summed E-state index contributed by atoms with van der Waals surface area (Å²) in [5.41, 5.74) is 1.18. The Balaban J connectivity index is 3.16. The number of thiocarbonyl (C=S) groups is 1. The van der Waals surface area contributed by atoms with E-state index in [1.165, 1.54) is 13.2 Å². The van der Waals surface area contributed by atoms with E-state index in [0.29, 0.717) is 16.2 Å². The molecule has 0 aliphatic heterocycles. The van der Waals surface area contributed by atoms with Crippen LogP contribution in [0.4, 0.5) is 4.39 Å². The molecule has 0 aliphatic carbocycles. The molecule has 0 fully saturated rings. The number of methoxy groups -OCH3 is 1. The van der Waals surface area contributed by atoms with Crippen molar-refractivity contribution in [2.75, 3.05) is 7.11 Å². The number of rotatable bonds is 1. The van der Waals surface area contributed by atoms with E-state index in [-0.39, 0.29) is 5.82 Å². The van der Waals surface area contributed by atoms with Gasteiger partial charge in [-0.3, -0.25) is 0 Å². The van der Waals surface area contributed by atoms with E-state index >= 15 is 0 Å². The largest absolute Gasteiger partial charge is 0.486 e. The Morgan fingerprint density at radius 1 is 1.50 bits per heavy atom. The molecule has 1 rings (SSSR count). The second-order valence-electron chi connectivity index (χ2n) is 2.40. The van der Waals surface area contributed by atoms with E-state index in [4.69, 9.17) is 17.0 Å². The van der Waals surface area contributed by atoms with Crippen molar-refractivity contribution in [1.29, 1.82) is 0 Å². The van der Waals surface area contributed by atoms with E-state index in [2.05, 4.69) is 0 Å². The second kappa shape index (κ2) is 3.63. The predicted molar refractivity (Wildman–Crippen MR) is 49.8 cm³/mol. The molecule has 0 saturated carbocycles. The standard InChI is InChI=1S/C9H9FOS/c1-6-7(9(12)11-2)4-3-5-8(6)10/h3-5H,1-2H3. The third-order valence-corrected chi connectivity index (χ3v) is 2.06. The van der Waals surface area contributed by atoms with Gasteiger partial charge in [0.25, 0.3) is 0 Å². The van der Waals surface area contributed by atoms with E-state index in [9.17, 15) is 4.39 Å². The zero-order chi connectivity index (χ0) is 9.14. The predicted octanol–water partition coefficient (Wildman–Crippen LogP) is 2.46. The maximum atomic E-state index is 13.0. The molecule has 0 aliphatic rings. The summed E-state index contributed by atoms with van der Waals surface area (Å²) < 4.78 is 17.8. The van der Waals surface area contributed by atoms with Crippen LogP contribution in [-0.4, -0.2) is 12.2 Å². The Hall–Kier alpha value is -0.960. The van der Waals surface area contributed by atoms with Gasteiger partial charge in [0.2, 0.25) is 0 Å². The van der Waals surface area contributed by atoms with Gasteiger partial charge in [-0.15, -0.1) is 0 Å². The number of ether oxygens (including phenoxy) is 1. The van der Waals surface area contributed by atoms with Gasteiger partial charge in [-0.25, -0.2) is 4.39 Å². The molecule has 0 aromatic heterocycles. The van der Waals surface area contributed by atoms with Crippen molar-refractivity contribution >= 4 is 17.3 Å². The molecular formula is C9H9FOS. The maximum absolute atomic E-state index is 13.0. The summed E-state index contributed by atoms with van der Waals surface area (Å²) in [6.45, 7) is 1.68. The monoisotopic (exact) mass is 184 g/mol. The van der Waals surface area contributed by atoms with Gasteiger partial charge >= 0.3 is 0 Å². The minimum atomic E-state index is -0.257. The van der Waals surface area contributed by atoms with Crippen molar-refractivity contribution in [2.24, 2.45) is 0 Å². The lowest BCUT2D eigenvalue weighted by molar-refractivity contribution is 0.415. The SMILES string of the molecule is COC(=S)c1cccc(F)c1C. The Labute approximate surface area is 76.2 Å². The molecule has 0 heterocycles. The summed E-state index contributed by atoms with van der Waals surface area (Å²) in [5, 5.41) is 0.326. The Morgan fingerprint density at radius 2 is 2.17 bits per heavy atom. The normalized spacial score (nSPS) is 9.58. The van der Waals surface area contributed by atoms with Crippen LogP contribution in [0.2, 0.25) is 0 Å². The van der Waals surface area contributed by atoms with Gasteiger partial charge in [-0.05, 0) is 36.8 Å². The summed E-state index contributed by atoms with van der Waals surface area (Å²) in [5.74, 6) is -0.257. The molecule has 0 unspecified atom stereocenters. The van der Waals surface area contributed by atoms with Crippen LogP contribution in [0.25, 0.3) is 0 Å². The van der Waals surface area contributed by atoms with Crippen molar-refractivity contribution in [3.05, 3.63) is 35.1 Å². The topological polar surface area (TPSA) is 9.23 Å². The molecule has 1 nitrogen and oxygen atoms in total. The average molecular weight is 184 g/mol. The van der Waals surface area contributed by atoms with Crippen LogP contribution in [0.15, 0.2) is 18.2 Å². The minimum Gasteiger partial charge on any atom is -0.486 e.